The van der Waals surface area contributed by atoms with Gasteiger partial charge in [0.2, 0.25) is 11.8 Å². The summed E-state index contributed by atoms with van der Waals surface area (Å²) in [5, 5.41) is 13.9. The van der Waals surface area contributed by atoms with Gasteiger partial charge in [-0.05, 0) is 30.7 Å². The van der Waals surface area contributed by atoms with Crippen molar-refractivity contribution < 1.29 is 23.9 Å². The fourth-order valence-electron chi connectivity index (χ4n) is 2.20. The SMILES string of the molecule is C[C@H](NC(=O)[C@H](Cc1ccccc1)NC(=O)C=Cc1ccco1)C(=O)O. The molecule has 0 saturated heterocycles. The molecule has 0 saturated carbocycles. The van der Waals surface area contributed by atoms with Crippen LogP contribution in [0.25, 0.3) is 6.08 Å². The van der Waals surface area contributed by atoms with Gasteiger partial charge in [-0.15, -0.1) is 0 Å². The number of rotatable bonds is 8. The van der Waals surface area contributed by atoms with Crippen LogP contribution in [0, 0.1) is 0 Å². The van der Waals surface area contributed by atoms with Gasteiger partial charge in [0.05, 0.1) is 6.26 Å². The summed E-state index contributed by atoms with van der Waals surface area (Å²) in [5.41, 5.74) is 0.839. The van der Waals surface area contributed by atoms with Crippen molar-refractivity contribution in [3.8, 4) is 0 Å². The van der Waals surface area contributed by atoms with Crippen LogP contribution < -0.4 is 10.6 Å². The van der Waals surface area contributed by atoms with Gasteiger partial charge in [0.25, 0.3) is 0 Å². The van der Waals surface area contributed by atoms with E-state index >= 15 is 0 Å². The van der Waals surface area contributed by atoms with Gasteiger partial charge in [-0.25, -0.2) is 0 Å². The molecule has 3 N–H and O–H groups in total. The summed E-state index contributed by atoms with van der Waals surface area (Å²) < 4.78 is 5.10. The highest BCUT2D eigenvalue weighted by atomic mass is 16.4. The van der Waals surface area contributed by atoms with Crippen molar-refractivity contribution in [3.63, 3.8) is 0 Å². The normalized spacial score (nSPS) is 13.1. The molecule has 0 aliphatic rings. The van der Waals surface area contributed by atoms with Crippen LogP contribution in [-0.2, 0) is 20.8 Å². The Morgan fingerprint density at radius 3 is 2.46 bits per heavy atom. The smallest absolute Gasteiger partial charge is 0.325 e. The fraction of sp³-hybridized carbons (Fsp3) is 0.211. The van der Waals surface area contributed by atoms with Crippen molar-refractivity contribution in [2.45, 2.75) is 25.4 Å². The van der Waals surface area contributed by atoms with E-state index in [1.165, 1.54) is 25.3 Å². The quantitative estimate of drug-likeness (QED) is 0.623. The number of carbonyl (C=O) groups excluding carboxylic acids is 2. The standard InChI is InChI=1S/C19H20N2O5/c1-13(19(24)25)20-18(23)16(12-14-6-3-2-4-7-14)21-17(22)10-9-15-8-5-11-26-15/h2-11,13,16H,12H2,1H3,(H,20,23)(H,21,22)(H,24,25)/t13-,16-/m0/s1. The molecule has 1 aromatic carbocycles. The largest absolute Gasteiger partial charge is 0.480 e. The maximum absolute atomic E-state index is 12.4. The molecule has 2 rings (SSSR count). The molecule has 2 atom stereocenters. The predicted octanol–water partition coefficient (Wildman–Crippen LogP) is 1.61. The lowest BCUT2D eigenvalue weighted by molar-refractivity contribution is -0.141. The van der Waals surface area contributed by atoms with Crippen molar-refractivity contribution in [2.75, 3.05) is 0 Å². The van der Waals surface area contributed by atoms with Crippen LogP contribution in [0.1, 0.15) is 18.2 Å². The zero-order valence-corrected chi connectivity index (χ0v) is 14.2. The first-order chi connectivity index (χ1) is 12.5. The fourth-order valence-corrected chi connectivity index (χ4v) is 2.20. The third-order valence-electron chi connectivity index (χ3n) is 3.59. The maximum atomic E-state index is 12.4. The monoisotopic (exact) mass is 356 g/mol. The van der Waals surface area contributed by atoms with Crippen molar-refractivity contribution in [3.05, 3.63) is 66.1 Å². The average Bonchev–Trinajstić information content (AvgIpc) is 3.13. The van der Waals surface area contributed by atoms with Crippen LogP contribution in [-0.4, -0.2) is 35.0 Å². The summed E-state index contributed by atoms with van der Waals surface area (Å²) in [7, 11) is 0. The minimum Gasteiger partial charge on any atom is -0.480 e. The number of carbonyl (C=O) groups is 3. The minimum atomic E-state index is -1.15. The predicted molar refractivity (Wildman–Crippen MR) is 95.1 cm³/mol. The lowest BCUT2D eigenvalue weighted by Crippen LogP contribution is -2.51. The molecule has 26 heavy (non-hydrogen) atoms. The number of carboxylic acids is 1. The van der Waals surface area contributed by atoms with Crippen molar-refractivity contribution >= 4 is 23.9 Å². The van der Waals surface area contributed by atoms with E-state index in [1.54, 1.807) is 12.1 Å². The van der Waals surface area contributed by atoms with Gasteiger partial charge in [-0.2, -0.15) is 0 Å². The molecule has 0 aliphatic heterocycles. The van der Waals surface area contributed by atoms with E-state index in [-0.39, 0.29) is 6.42 Å². The molecular weight excluding hydrogens is 336 g/mol. The highest BCUT2D eigenvalue weighted by Crippen LogP contribution is 2.05. The van der Waals surface area contributed by atoms with E-state index < -0.39 is 29.9 Å². The Bertz CT molecular complexity index is 768. The highest BCUT2D eigenvalue weighted by Gasteiger charge is 2.24. The minimum absolute atomic E-state index is 0.235. The number of nitrogens with one attached hydrogen (secondary N) is 2. The summed E-state index contributed by atoms with van der Waals surface area (Å²) in [6.07, 6.45) is 4.45. The Balaban J connectivity index is 2.07. The van der Waals surface area contributed by atoms with Crippen LogP contribution in [0.15, 0.2) is 59.2 Å². The molecule has 136 valence electrons. The third-order valence-corrected chi connectivity index (χ3v) is 3.59. The molecular formula is C19H20N2O5. The van der Waals surface area contributed by atoms with Crippen molar-refractivity contribution in [1.29, 1.82) is 0 Å². The second kappa shape index (κ2) is 9.22. The number of carboxylic acid groups (broad SMARTS) is 1. The molecule has 0 unspecified atom stereocenters. The summed E-state index contributed by atoms with van der Waals surface area (Å²) >= 11 is 0. The Morgan fingerprint density at radius 1 is 1.12 bits per heavy atom. The molecule has 1 aromatic heterocycles. The molecule has 2 amide bonds. The number of furan rings is 1. The lowest BCUT2D eigenvalue weighted by Gasteiger charge is -2.19. The number of benzene rings is 1. The van der Waals surface area contributed by atoms with Gasteiger partial charge in [-0.3, -0.25) is 14.4 Å². The second-order valence-electron chi connectivity index (χ2n) is 5.67. The zero-order chi connectivity index (χ0) is 18.9. The van der Waals surface area contributed by atoms with E-state index in [2.05, 4.69) is 10.6 Å². The van der Waals surface area contributed by atoms with Crippen LogP contribution in [0.5, 0.6) is 0 Å². The molecule has 7 nitrogen and oxygen atoms in total. The van der Waals surface area contributed by atoms with Crippen molar-refractivity contribution in [2.24, 2.45) is 0 Å². The Morgan fingerprint density at radius 2 is 1.85 bits per heavy atom. The highest BCUT2D eigenvalue weighted by molar-refractivity contribution is 5.96. The van der Waals surface area contributed by atoms with E-state index in [9.17, 15) is 14.4 Å². The lowest BCUT2D eigenvalue weighted by atomic mass is 10.0. The average molecular weight is 356 g/mol. The Kier molecular flexibility index (Phi) is 6.73. The second-order valence-corrected chi connectivity index (χ2v) is 5.67. The molecule has 0 radical (unpaired) electrons. The van der Waals surface area contributed by atoms with E-state index in [1.807, 2.05) is 30.3 Å². The van der Waals surface area contributed by atoms with Gasteiger partial charge < -0.3 is 20.2 Å². The van der Waals surface area contributed by atoms with Crippen molar-refractivity contribution in [1.82, 2.24) is 10.6 Å². The Hall–Kier alpha value is -3.35. The number of hydrogen-bond acceptors (Lipinski definition) is 4. The molecule has 1 heterocycles. The van der Waals surface area contributed by atoms with E-state index in [0.717, 1.165) is 5.56 Å². The Labute approximate surface area is 150 Å². The zero-order valence-electron chi connectivity index (χ0n) is 14.2. The van der Waals surface area contributed by atoms with Crippen LogP contribution in [0.4, 0.5) is 0 Å². The van der Waals surface area contributed by atoms with Crippen LogP contribution in [0.2, 0.25) is 0 Å². The van der Waals surface area contributed by atoms with Gasteiger partial charge in [-0.1, -0.05) is 30.3 Å². The van der Waals surface area contributed by atoms with E-state index in [0.29, 0.717) is 5.76 Å². The topological polar surface area (TPSA) is 109 Å². The first-order valence-corrected chi connectivity index (χ1v) is 8.05. The number of aliphatic carboxylic acids is 1. The summed E-state index contributed by atoms with van der Waals surface area (Å²) in [6.45, 7) is 1.36. The summed E-state index contributed by atoms with van der Waals surface area (Å²) in [6, 6.07) is 10.5. The van der Waals surface area contributed by atoms with Crippen LogP contribution >= 0.6 is 0 Å². The van der Waals surface area contributed by atoms with Gasteiger partial charge in [0.1, 0.15) is 17.8 Å². The van der Waals surface area contributed by atoms with Gasteiger partial charge in [0.15, 0.2) is 0 Å². The molecule has 7 heteroatoms. The summed E-state index contributed by atoms with van der Waals surface area (Å²) in [4.78, 5) is 35.5. The van der Waals surface area contributed by atoms with Crippen LogP contribution in [0.3, 0.4) is 0 Å². The number of amides is 2. The van der Waals surface area contributed by atoms with Gasteiger partial charge >= 0.3 is 5.97 Å². The maximum Gasteiger partial charge on any atom is 0.325 e. The molecule has 0 fully saturated rings. The first-order valence-electron chi connectivity index (χ1n) is 8.05. The molecule has 0 spiro atoms. The molecule has 2 aromatic rings. The molecule has 0 bridgehead atoms. The third kappa shape index (κ3) is 5.94. The number of hydrogen-bond donors (Lipinski definition) is 3. The van der Waals surface area contributed by atoms with Gasteiger partial charge in [0, 0.05) is 12.5 Å². The molecule has 0 aliphatic carbocycles. The first kappa shape index (κ1) is 19.0. The van der Waals surface area contributed by atoms with E-state index in [4.69, 9.17) is 9.52 Å². The summed E-state index contributed by atoms with van der Waals surface area (Å²) in [5.74, 6) is -1.70.